The van der Waals surface area contributed by atoms with E-state index in [9.17, 15) is 14.9 Å². The van der Waals surface area contributed by atoms with Crippen molar-refractivity contribution >= 4 is 34.7 Å². The maximum absolute atomic E-state index is 13.3. The first-order valence-electron chi connectivity index (χ1n) is 9.86. The zero-order valence-electron chi connectivity index (χ0n) is 17.9. The van der Waals surface area contributed by atoms with Gasteiger partial charge in [-0.05, 0) is 18.2 Å². The first kappa shape index (κ1) is 21.9. The predicted octanol–water partition coefficient (Wildman–Crippen LogP) is 0.840. The van der Waals surface area contributed by atoms with Crippen molar-refractivity contribution in [2.75, 3.05) is 14.2 Å². The number of carbonyl (C=O) groups is 1. The fourth-order valence-electron chi connectivity index (χ4n) is 3.93. The first-order chi connectivity index (χ1) is 15.9. The molecule has 0 aliphatic carbocycles. The van der Waals surface area contributed by atoms with Crippen LogP contribution in [-0.4, -0.2) is 24.7 Å². The van der Waals surface area contributed by atoms with E-state index in [0.29, 0.717) is 27.2 Å². The highest BCUT2D eigenvalue weighted by Gasteiger charge is 2.36. The Morgan fingerprint density at radius 1 is 1.12 bits per heavy atom. The van der Waals surface area contributed by atoms with Crippen molar-refractivity contribution in [3.63, 3.8) is 0 Å². The molecule has 4 rings (SSSR count). The van der Waals surface area contributed by atoms with Gasteiger partial charge >= 0.3 is 0 Å². The number of benzene rings is 2. The highest BCUT2D eigenvalue weighted by atomic mass is 32.1. The van der Waals surface area contributed by atoms with Gasteiger partial charge in [-0.25, -0.2) is 0 Å². The topological polar surface area (TPSA) is 133 Å². The van der Waals surface area contributed by atoms with E-state index < -0.39 is 17.4 Å². The highest BCUT2D eigenvalue weighted by Crippen LogP contribution is 2.39. The Morgan fingerprint density at radius 3 is 2.39 bits per heavy atom. The lowest BCUT2D eigenvalue weighted by Gasteiger charge is -2.25. The fraction of sp³-hybridized carbons (Fsp3) is 0.125. The molecule has 0 unspecified atom stereocenters. The summed E-state index contributed by atoms with van der Waals surface area (Å²) >= 11 is 1.08. The second-order valence-electron chi connectivity index (χ2n) is 7.16. The van der Waals surface area contributed by atoms with Crippen LogP contribution >= 0.6 is 11.3 Å². The first-order valence-corrected chi connectivity index (χ1v) is 10.7. The molecule has 4 N–H and O–H groups in total. The van der Waals surface area contributed by atoms with Gasteiger partial charge in [0.15, 0.2) is 0 Å². The number of thiazole rings is 1. The van der Waals surface area contributed by atoms with Gasteiger partial charge in [0.25, 0.3) is 5.56 Å². The number of nitriles is 1. The van der Waals surface area contributed by atoms with E-state index in [2.05, 4.69) is 6.07 Å². The van der Waals surface area contributed by atoms with E-state index in [1.54, 1.807) is 42.5 Å². The Bertz CT molecular complexity index is 1520. The number of rotatable bonds is 5. The lowest BCUT2D eigenvalue weighted by atomic mass is 9.83. The summed E-state index contributed by atoms with van der Waals surface area (Å²) in [5, 5.41) is 9.95. The molecule has 33 heavy (non-hydrogen) atoms. The van der Waals surface area contributed by atoms with Crippen LogP contribution in [0.1, 0.15) is 17.0 Å². The predicted molar refractivity (Wildman–Crippen MR) is 126 cm³/mol. The number of hydrogen-bond acceptors (Lipinski definition) is 7. The Morgan fingerprint density at radius 2 is 1.76 bits per heavy atom. The Hall–Kier alpha value is -4.29. The van der Waals surface area contributed by atoms with Crippen LogP contribution in [0.2, 0.25) is 0 Å². The minimum atomic E-state index is -0.874. The van der Waals surface area contributed by atoms with Gasteiger partial charge in [-0.15, -0.1) is 11.3 Å². The molecule has 1 aromatic heterocycles. The molecule has 8 nitrogen and oxygen atoms in total. The van der Waals surface area contributed by atoms with Crippen LogP contribution < -0.4 is 35.7 Å². The van der Waals surface area contributed by atoms with Crippen molar-refractivity contribution in [1.82, 2.24) is 4.57 Å². The monoisotopic (exact) mass is 460 g/mol. The van der Waals surface area contributed by atoms with Crippen LogP contribution in [-0.2, 0) is 4.79 Å². The normalized spacial score (nSPS) is 15.7. The quantitative estimate of drug-likeness (QED) is 0.580. The summed E-state index contributed by atoms with van der Waals surface area (Å²) in [5.74, 6) is -0.629. The lowest BCUT2D eigenvalue weighted by Crippen LogP contribution is -2.41. The third-order valence-electron chi connectivity index (χ3n) is 5.41. The summed E-state index contributed by atoms with van der Waals surface area (Å²) in [6.07, 6.45) is 1.66. The van der Waals surface area contributed by atoms with Crippen LogP contribution in [0.4, 0.5) is 0 Å². The minimum Gasteiger partial charge on any atom is -0.496 e. The van der Waals surface area contributed by atoms with Gasteiger partial charge in [-0.1, -0.05) is 36.4 Å². The minimum absolute atomic E-state index is 0.0459. The number of fused-ring (bicyclic) bond motifs is 1. The van der Waals surface area contributed by atoms with Crippen molar-refractivity contribution in [3.8, 4) is 17.6 Å². The summed E-state index contributed by atoms with van der Waals surface area (Å²) in [5.41, 5.74) is 13.0. The number of ether oxygens (including phenoxy) is 2. The molecule has 1 amide bonds. The van der Waals surface area contributed by atoms with Crippen molar-refractivity contribution in [2.24, 2.45) is 11.5 Å². The molecule has 0 bridgehead atoms. The van der Waals surface area contributed by atoms with Crippen LogP contribution in [0, 0.1) is 11.3 Å². The molecule has 1 aliphatic rings. The van der Waals surface area contributed by atoms with Crippen LogP contribution in [0.3, 0.4) is 0 Å². The van der Waals surface area contributed by atoms with Gasteiger partial charge in [0.05, 0.1) is 41.9 Å². The molecule has 0 saturated carbocycles. The molecule has 1 aliphatic heterocycles. The Balaban J connectivity index is 2.12. The molecule has 0 spiro atoms. The molecular weight excluding hydrogens is 440 g/mol. The molecular formula is C24H20N4O4S. The van der Waals surface area contributed by atoms with Gasteiger partial charge in [-0.2, -0.15) is 5.26 Å². The van der Waals surface area contributed by atoms with E-state index in [0.717, 1.165) is 11.3 Å². The van der Waals surface area contributed by atoms with Crippen LogP contribution in [0.5, 0.6) is 11.5 Å². The standard InChI is InChI=1S/C24H20N4O4S/c1-31-16-9-5-3-7-13(16)11-18-23(30)28-21(26)15(12-25)19(20(22(27)29)24(28)33-18)14-8-4-6-10-17(14)32-2/h3-11,19H,26H2,1-2H3,(H2,27,29)/b18-11-/t19-/m0/s1. The molecule has 166 valence electrons. The molecule has 0 saturated heterocycles. The second kappa shape index (κ2) is 8.68. The smallest absolute Gasteiger partial charge is 0.274 e. The summed E-state index contributed by atoms with van der Waals surface area (Å²) in [4.78, 5) is 26.0. The summed E-state index contributed by atoms with van der Waals surface area (Å²) < 4.78 is 12.6. The lowest BCUT2D eigenvalue weighted by molar-refractivity contribution is -0.113. The largest absolute Gasteiger partial charge is 0.496 e. The molecule has 3 aromatic rings. The molecule has 2 aromatic carbocycles. The second-order valence-corrected chi connectivity index (χ2v) is 8.19. The number of hydrogen-bond donors (Lipinski definition) is 2. The number of carbonyl (C=O) groups excluding carboxylic acids is 1. The number of para-hydroxylation sites is 2. The number of nitrogens with two attached hydrogens (primary N) is 2. The number of aromatic nitrogens is 1. The van der Waals surface area contributed by atoms with Crippen molar-refractivity contribution < 1.29 is 14.3 Å². The van der Waals surface area contributed by atoms with E-state index in [4.69, 9.17) is 20.9 Å². The third kappa shape index (κ3) is 3.56. The summed E-state index contributed by atoms with van der Waals surface area (Å²) in [6.45, 7) is 0. The molecule has 0 radical (unpaired) electrons. The van der Waals surface area contributed by atoms with E-state index in [-0.39, 0.29) is 21.6 Å². The maximum atomic E-state index is 13.3. The summed E-state index contributed by atoms with van der Waals surface area (Å²) in [6, 6.07) is 16.3. The molecule has 1 atom stereocenters. The summed E-state index contributed by atoms with van der Waals surface area (Å²) in [7, 11) is 3.03. The fourth-order valence-corrected chi connectivity index (χ4v) is 5.10. The van der Waals surface area contributed by atoms with E-state index in [1.165, 1.54) is 18.8 Å². The number of amides is 1. The van der Waals surface area contributed by atoms with Crippen molar-refractivity contribution in [1.29, 1.82) is 5.26 Å². The average molecular weight is 461 g/mol. The van der Waals surface area contributed by atoms with Gasteiger partial charge in [0, 0.05) is 11.1 Å². The van der Waals surface area contributed by atoms with E-state index in [1.807, 2.05) is 12.1 Å². The number of allylic oxidation sites excluding steroid dienone is 1. The van der Waals surface area contributed by atoms with Gasteiger partial charge in [-0.3, -0.25) is 14.2 Å². The zero-order valence-corrected chi connectivity index (χ0v) is 18.7. The maximum Gasteiger partial charge on any atom is 0.274 e. The third-order valence-corrected chi connectivity index (χ3v) is 6.52. The van der Waals surface area contributed by atoms with Gasteiger partial charge < -0.3 is 20.9 Å². The Kier molecular flexibility index (Phi) is 5.77. The molecule has 0 fully saturated rings. The Labute approximate surface area is 192 Å². The van der Waals surface area contributed by atoms with Gasteiger partial charge in [0.1, 0.15) is 22.0 Å². The number of primary amides is 1. The SMILES string of the molecule is COc1ccccc1/C=c1\sc2n(c1=O)C(N)=C(C#N)[C@H](c1ccccc1OC)C=2C(N)=O. The number of methoxy groups -OCH3 is 2. The average Bonchev–Trinajstić information content (AvgIpc) is 3.14. The van der Waals surface area contributed by atoms with Crippen LogP contribution in [0.25, 0.3) is 17.5 Å². The van der Waals surface area contributed by atoms with Crippen molar-refractivity contribution in [2.45, 2.75) is 5.92 Å². The van der Waals surface area contributed by atoms with Gasteiger partial charge in [0.2, 0.25) is 5.91 Å². The molecule has 9 heteroatoms. The zero-order chi connectivity index (χ0) is 23.7. The molecule has 2 heterocycles. The highest BCUT2D eigenvalue weighted by molar-refractivity contribution is 7.07. The van der Waals surface area contributed by atoms with Crippen molar-refractivity contribution in [3.05, 3.63) is 84.8 Å². The van der Waals surface area contributed by atoms with E-state index >= 15 is 0 Å². The number of nitrogens with zero attached hydrogens (tertiary/aromatic N) is 2. The van der Waals surface area contributed by atoms with Crippen LogP contribution in [0.15, 0.2) is 58.9 Å².